The number of carbonyl (C=O) groups is 1. The number of nitroso groups, excluding NO2 is 1. The number of hydrogen-bond donors (Lipinski definition) is 0. The van der Waals surface area contributed by atoms with Crippen molar-refractivity contribution in [1.29, 1.82) is 0 Å². The van der Waals surface area contributed by atoms with Crippen LogP contribution in [0.4, 0.5) is 5.69 Å². The lowest BCUT2D eigenvalue weighted by Crippen LogP contribution is -2.11. The summed E-state index contributed by atoms with van der Waals surface area (Å²) in [6.07, 6.45) is 4.62. The molecule has 8 heteroatoms. The average molecular weight is 544 g/mol. The van der Waals surface area contributed by atoms with Gasteiger partial charge in [-0.05, 0) is 60.0 Å². The zero-order valence-corrected chi connectivity index (χ0v) is 23.7. The normalized spacial score (nSPS) is 12.6. The van der Waals surface area contributed by atoms with E-state index >= 15 is 0 Å². The van der Waals surface area contributed by atoms with Crippen molar-refractivity contribution in [2.24, 2.45) is 16.3 Å². The van der Waals surface area contributed by atoms with Crippen molar-refractivity contribution >= 4 is 39.2 Å². The fourth-order valence-corrected chi connectivity index (χ4v) is 5.06. The molecule has 0 bridgehead atoms. The van der Waals surface area contributed by atoms with E-state index in [0.29, 0.717) is 41.8 Å². The van der Waals surface area contributed by atoms with Crippen LogP contribution in [0.1, 0.15) is 57.6 Å². The first kappa shape index (κ1) is 29.0. The minimum Gasteiger partial charge on any atom is -0.490 e. The number of oxime groups is 1. The molecule has 0 saturated carbocycles. The van der Waals surface area contributed by atoms with Crippen molar-refractivity contribution in [3.8, 4) is 5.75 Å². The first-order chi connectivity index (χ1) is 19.5. The summed E-state index contributed by atoms with van der Waals surface area (Å²) in [6, 6.07) is 19.2. The summed E-state index contributed by atoms with van der Waals surface area (Å²) in [7, 11) is 1.62. The number of carbonyl (C=O) groups excluding carboxylic acids is 1. The van der Waals surface area contributed by atoms with Gasteiger partial charge >= 0.3 is 5.97 Å². The molecule has 40 heavy (non-hydrogen) atoms. The van der Waals surface area contributed by atoms with Gasteiger partial charge in [-0.25, -0.2) is 4.79 Å². The molecule has 8 nitrogen and oxygen atoms in total. The molecule has 0 radical (unpaired) electrons. The van der Waals surface area contributed by atoms with Crippen molar-refractivity contribution in [2.45, 2.75) is 53.0 Å². The molecule has 3 aromatic carbocycles. The van der Waals surface area contributed by atoms with E-state index in [2.05, 4.69) is 34.8 Å². The second kappa shape index (κ2) is 13.8. The number of ether oxygens (including phenoxy) is 2. The summed E-state index contributed by atoms with van der Waals surface area (Å²) >= 11 is 0. The molecule has 1 atom stereocenters. The molecule has 1 aromatic heterocycles. The zero-order chi connectivity index (χ0) is 28.5. The molecule has 0 aliphatic heterocycles. The molecule has 0 amide bonds. The van der Waals surface area contributed by atoms with E-state index in [9.17, 15) is 9.70 Å². The fourth-order valence-electron chi connectivity index (χ4n) is 5.06. The highest BCUT2D eigenvalue weighted by Crippen LogP contribution is 2.35. The van der Waals surface area contributed by atoms with Crippen molar-refractivity contribution in [2.75, 3.05) is 20.3 Å². The van der Waals surface area contributed by atoms with Crippen LogP contribution >= 0.6 is 0 Å². The number of nitrogens with zero attached hydrogens (tertiary/aromatic N) is 3. The molecule has 4 rings (SSSR count). The van der Waals surface area contributed by atoms with Crippen molar-refractivity contribution in [1.82, 2.24) is 4.57 Å². The van der Waals surface area contributed by atoms with Crippen LogP contribution in [0.25, 0.3) is 21.8 Å². The van der Waals surface area contributed by atoms with Crippen LogP contribution in [0.5, 0.6) is 5.75 Å². The third-order valence-electron chi connectivity index (χ3n) is 7.16. The minimum absolute atomic E-state index is 0.360. The summed E-state index contributed by atoms with van der Waals surface area (Å²) in [5, 5.41) is 9.35. The largest absolute Gasteiger partial charge is 0.490 e. The summed E-state index contributed by atoms with van der Waals surface area (Å²) in [5.74, 6) is 0.619. The molecule has 0 saturated heterocycles. The molecule has 1 heterocycles. The van der Waals surface area contributed by atoms with Gasteiger partial charge in [0, 0.05) is 53.5 Å². The predicted octanol–water partition coefficient (Wildman–Crippen LogP) is 7.75. The lowest BCUT2D eigenvalue weighted by molar-refractivity contribution is -0.140. The Kier molecular flexibility index (Phi) is 10.0. The number of hydrogen-bond acceptors (Lipinski definition) is 7. The van der Waals surface area contributed by atoms with Crippen LogP contribution in [0, 0.1) is 10.8 Å². The van der Waals surface area contributed by atoms with Crippen molar-refractivity contribution < 1.29 is 19.1 Å². The van der Waals surface area contributed by atoms with Crippen LogP contribution in [0.15, 0.2) is 71.0 Å². The molecule has 0 fully saturated rings. The molecule has 210 valence electrons. The van der Waals surface area contributed by atoms with E-state index in [1.165, 1.54) is 26.2 Å². The van der Waals surface area contributed by atoms with Gasteiger partial charge in [-0.1, -0.05) is 56.5 Å². The van der Waals surface area contributed by atoms with Gasteiger partial charge < -0.3 is 18.9 Å². The van der Waals surface area contributed by atoms with Crippen LogP contribution in [0.2, 0.25) is 0 Å². The maximum absolute atomic E-state index is 11.8. The second-order valence-corrected chi connectivity index (χ2v) is 9.91. The number of benzene rings is 3. The molecular weight excluding hydrogens is 506 g/mol. The van der Waals surface area contributed by atoms with Crippen molar-refractivity contribution in [3.05, 3.63) is 76.7 Å². The molecule has 1 unspecified atom stereocenters. The summed E-state index contributed by atoms with van der Waals surface area (Å²) in [5.41, 5.74) is 4.39. The third kappa shape index (κ3) is 6.57. The van der Waals surface area contributed by atoms with E-state index in [1.54, 1.807) is 13.2 Å². The fraction of sp³-hybridized carbons (Fsp3) is 0.375. The van der Waals surface area contributed by atoms with Crippen LogP contribution < -0.4 is 4.74 Å². The smallest absolute Gasteiger partial charge is 0.332 e. The highest BCUT2D eigenvalue weighted by atomic mass is 16.7. The topological polar surface area (TPSA) is 91.5 Å². The number of aromatic nitrogens is 1. The molecule has 0 N–H and O–H groups in total. The Balaban J connectivity index is 1.88. The first-order valence-electron chi connectivity index (χ1n) is 13.9. The summed E-state index contributed by atoms with van der Waals surface area (Å²) < 4.78 is 13.5. The van der Waals surface area contributed by atoms with Crippen LogP contribution in [0.3, 0.4) is 0 Å². The van der Waals surface area contributed by atoms with Gasteiger partial charge in [-0.3, -0.25) is 0 Å². The van der Waals surface area contributed by atoms with E-state index in [0.717, 1.165) is 40.3 Å². The predicted molar refractivity (Wildman–Crippen MR) is 159 cm³/mol. The standard InChI is InChI=1S/C32H37N3O5/c1-5-7-10-23(6-2)21-35-29-15-13-24(19-27(29)28-20-25(33-37)14-16-30(28)35)32(34-40-22(3)36)26-11-8-9-12-31(26)39-18-17-38-4/h8-9,11-16,19-20,23H,5-7,10,17-18,21H2,1-4H3/b34-32+. The monoisotopic (exact) mass is 543 g/mol. The SMILES string of the molecule is CCCCC(CC)Cn1c2ccc(N=O)cc2c2cc(/C(=N\OC(C)=O)c3ccccc3OCCOC)ccc21. The van der Waals surface area contributed by atoms with Gasteiger partial charge in [0.05, 0.1) is 6.61 Å². The molecule has 0 aliphatic carbocycles. The van der Waals surface area contributed by atoms with Gasteiger partial charge in [-0.2, -0.15) is 0 Å². The Hall–Kier alpha value is -4.04. The van der Waals surface area contributed by atoms with Crippen LogP contribution in [-0.4, -0.2) is 36.6 Å². The van der Waals surface area contributed by atoms with Crippen molar-refractivity contribution in [3.63, 3.8) is 0 Å². The maximum atomic E-state index is 11.8. The van der Waals surface area contributed by atoms with Gasteiger partial charge in [0.1, 0.15) is 23.8 Å². The van der Waals surface area contributed by atoms with E-state index < -0.39 is 5.97 Å². The number of methoxy groups -OCH3 is 1. The lowest BCUT2D eigenvalue weighted by atomic mass is 9.98. The summed E-state index contributed by atoms with van der Waals surface area (Å²) in [4.78, 5) is 28.3. The Morgan fingerprint density at radius 3 is 2.42 bits per heavy atom. The highest BCUT2D eigenvalue weighted by Gasteiger charge is 2.19. The van der Waals surface area contributed by atoms with Gasteiger partial charge in [0.15, 0.2) is 0 Å². The number of fused-ring (bicyclic) bond motifs is 3. The lowest BCUT2D eigenvalue weighted by Gasteiger charge is -2.17. The van der Waals surface area contributed by atoms with Gasteiger partial charge in [0.25, 0.3) is 0 Å². The Labute approximate surface area is 234 Å². The maximum Gasteiger partial charge on any atom is 0.332 e. The third-order valence-corrected chi connectivity index (χ3v) is 7.16. The zero-order valence-electron chi connectivity index (χ0n) is 23.7. The summed E-state index contributed by atoms with van der Waals surface area (Å²) in [6.45, 7) is 7.45. The van der Waals surface area contributed by atoms with E-state index in [1.807, 2.05) is 48.5 Å². The molecule has 4 aromatic rings. The average Bonchev–Trinajstić information content (AvgIpc) is 3.27. The Morgan fingerprint density at radius 2 is 1.73 bits per heavy atom. The molecule has 0 spiro atoms. The Morgan fingerprint density at radius 1 is 0.975 bits per heavy atom. The number of rotatable bonds is 14. The molecular formula is C32H37N3O5. The first-order valence-corrected chi connectivity index (χ1v) is 13.9. The van der Waals surface area contributed by atoms with Gasteiger partial charge in [-0.15, -0.1) is 4.91 Å². The highest BCUT2D eigenvalue weighted by molar-refractivity contribution is 6.18. The minimum atomic E-state index is -0.521. The van der Waals surface area contributed by atoms with Crippen LogP contribution in [-0.2, 0) is 20.9 Å². The molecule has 0 aliphatic rings. The number of unbranched alkanes of at least 4 members (excludes halogenated alkanes) is 1. The van der Waals surface area contributed by atoms with E-state index in [-0.39, 0.29) is 0 Å². The second-order valence-electron chi connectivity index (χ2n) is 9.91. The quantitative estimate of drug-likeness (QED) is 0.0533. The van der Waals surface area contributed by atoms with Gasteiger partial charge in [0.2, 0.25) is 0 Å². The number of para-hydroxylation sites is 1. The van der Waals surface area contributed by atoms with E-state index in [4.69, 9.17) is 14.3 Å². The Bertz CT molecular complexity index is 1510.